The van der Waals surface area contributed by atoms with Crippen molar-refractivity contribution in [1.82, 2.24) is 0 Å². The van der Waals surface area contributed by atoms with E-state index < -0.39 is 7.32 Å². The van der Waals surface area contributed by atoms with Gasteiger partial charge in [0.1, 0.15) is 16.9 Å². The third-order valence-corrected chi connectivity index (χ3v) is 2.83. The van der Waals surface area contributed by atoms with Crippen LogP contribution in [0.25, 0.3) is 21.9 Å². The highest BCUT2D eigenvalue weighted by Crippen LogP contribution is 2.33. The fourth-order valence-electron chi connectivity index (χ4n) is 2.09. The number of furan rings is 1. The number of hydrogen-bond donors (Lipinski definition) is 2. The number of fused-ring (bicyclic) bond motifs is 3. The predicted octanol–water partition coefficient (Wildman–Crippen LogP) is 1.81. The Labute approximate surface area is 108 Å². The first-order valence-corrected chi connectivity index (χ1v) is 5.57. The highest BCUT2D eigenvalue weighted by Gasteiger charge is 2.15. The van der Waals surface area contributed by atoms with Crippen molar-refractivity contribution in [1.29, 1.82) is 5.26 Å². The van der Waals surface area contributed by atoms with Gasteiger partial charge in [-0.15, -0.1) is 0 Å². The molecule has 0 atom stereocenters. The minimum atomic E-state index is -1.88. The largest absolute Gasteiger partial charge is 0.707 e. The molecule has 1 heterocycles. The van der Waals surface area contributed by atoms with E-state index in [2.05, 4.69) is 6.07 Å². The molecule has 1 aromatic heterocycles. The molecule has 6 heteroatoms. The Bertz CT molecular complexity index is 803. The summed E-state index contributed by atoms with van der Waals surface area (Å²) in [7, 11) is -1.88. The lowest BCUT2D eigenvalue weighted by Gasteiger charge is -2.03. The lowest BCUT2D eigenvalue weighted by molar-refractivity contribution is 0.288. The predicted molar refractivity (Wildman–Crippen MR) is 69.3 cm³/mol. The highest BCUT2D eigenvalue weighted by atomic mass is 16.6. The lowest BCUT2D eigenvalue weighted by atomic mass is 10.1. The average Bonchev–Trinajstić information content (AvgIpc) is 2.76. The molecular formula is C13H8BNO4. The van der Waals surface area contributed by atoms with Crippen LogP contribution in [0.1, 0.15) is 5.56 Å². The van der Waals surface area contributed by atoms with Crippen LogP contribution in [0.2, 0.25) is 0 Å². The smallest absolute Gasteiger partial charge is 0.512 e. The second kappa shape index (κ2) is 4.32. The van der Waals surface area contributed by atoms with Gasteiger partial charge in [-0.1, -0.05) is 6.07 Å². The standard InChI is InChI=1S/C13H8BNO4/c15-7-8-2-1-3-12-13(8)10-6-9(19-14(16)17)4-5-11(10)18-12/h1-6,16-17H. The molecule has 5 nitrogen and oxygen atoms in total. The topological polar surface area (TPSA) is 86.6 Å². The average molecular weight is 253 g/mol. The van der Waals surface area contributed by atoms with Crippen molar-refractivity contribution in [2.75, 3.05) is 0 Å². The van der Waals surface area contributed by atoms with Crippen LogP contribution in [0, 0.1) is 11.3 Å². The van der Waals surface area contributed by atoms with Gasteiger partial charge in [0.05, 0.1) is 11.6 Å². The van der Waals surface area contributed by atoms with Crippen LogP contribution in [0.15, 0.2) is 40.8 Å². The SMILES string of the molecule is N#Cc1cccc2oc3ccc(OB(O)O)cc3c12. The van der Waals surface area contributed by atoms with E-state index in [1.807, 2.05) is 0 Å². The molecule has 0 spiro atoms. The van der Waals surface area contributed by atoms with Gasteiger partial charge in [0.15, 0.2) is 0 Å². The lowest BCUT2D eigenvalue weighted by Crippen LogP contribution is -2.20. The molecule has 0 amide bonds. The molecule has 0 radical (unpaired) electrons. The first-order chi connectivity index (χ1) is 9.19. The van der Waals surface area contributed by atoms with Crippen LogP contribution in [-0.4, -0.2) is 17.4 Å². The molecule has 2 N–H and O–H groups in total. The van der Waals surface area contributed by atoms with E-state index in [1.165, 1.54) is 0 Å². The van der Waals surface area contributed by atoms with Crippen molar-refractivity contribution in [3.8, 4) is 11.8 Å². The molecular weight excluding hydrogens is 245 g/mol. The van der Waals surface area contributed by atoms with Crippen molar-refractivity contribution >= 4 is 29.3 Å². The van der Waals surface area contributed by atoms with Crippen LogP contribution in [0.5, 0.6) is 5.75 Å². The maximum absolute atomic E-state index is 9.13. The zero-order valence-electron chi connectivity index (χ0n) is 9.70. The van der Waals surface area contributed by atoms with Gasteiger partial charge in [0.25, 0.3) is 0 Å². The van der Waals surface area contributed by atoms with Gasteiger partial charge >= 0.3 is 7.32 Å². The van der Waals surface area contributed by atoms with Crippen molar-refractivity contribution in [2.45, 2.75) is 0 Å². The Morgan fingerprint density at radius 2 is 2.00 bits per heavy atom. The van der Waals surface area contributed by atoms with E-state index in [-0.39, 0.29) is 5.75 Å². The molecule has 19 heavy (non-hydrogen) atoms. The Balaban J connectivity index is 2.31. The molecule has 0 fully saturated rings. The van der Waals surface area contributed by atoms with E-state index in [4.69, 9.17) is 24.4 Å². The Kier molecular flexibility index (Phi) is 2.64. The number of hydrogen-bond acceptors (Lipinski definition) is 5. The maximum atomic E-state index is 9.13. The van der Waals surface area contributed by atoms with E-state index >= 15 is 0 Å². The zero-order valence-corrected chi connectivity index (χ0v) is 9.70. The summed E-state index contributed by atoms with van der Waals surface area (Å²) in [6, 6.07) is 12.2. The second-order valence-electron chi connectivity index (χ2n) is 3.99. The summed E-state index contributed by atoms with van der Waals surface area (Å²) >= 11 is 0. The first kappa shape index (κ1) is 11.6. The molecule has 3 aromatic rings. The normalized spacial score (nSPS) is 10.6. The molecule has 0 saturated heterocycles. The molecule has 0 unspecified atom stereocenters. The summed E-state index contributed by atoms with van der Waals surface area (Å²) in [6.45, 7) is 0. The third-order valence-electron chi connectivity index (χ3n) is 2.83. The van der Waals surface area contributed by atoms with Gasteiger partial charge in [-0.3, -0.25) is 0 Å². The molecule has 0 aliphatic rings. The van der Waals surface area contributed by atoms with E-state index in [0.29, 0.717) is 27.5 Å². The van der Waals surface area contributed by atoms with Crippen molar-refractivity contribution < 1.29 is 19.1 Å². The van der Waals surface area contributed by atoms with E-state index in [9.17, 15) is 0 Å². The fourth-order valence-corrected chi connectivity index (χ4v) is 2.09. The monoisotopic (exact) mass is 253 g/mol. The van der Waals surface area contributed by atoms with Crippen molar-refractivity contribution in [3.63, 3.8) is 0 Å². The molecule has 0 bridgehead atoms. The van der Waals surface area contributed by atoms with Gasteiger partial charge < -0.3 is 19.1 Å². The van der Waals surface area contributed by atoms with Crippen LogP contribution in [0.3, 0.4) is 0 Å². The molecule has 2 aromatic carbocycles. The Hall–Kier alpha value is -2.49. The minimum absolute atomic E-state index is 0.290. The number of nitrogens with zero attached hydrogens (tertiary/aromatic N) is 1. The van der Waals surface area contributed by atoms with Gasteiger partial charge in [0.2, 0.25) is 0 Å². The summed E-state index contributed by atoms with van der Waals surface area (Å²) in [4.78, 5) is 0. The Morgan fingerprint density at radius 1 is 1.16 bits per heavy atom. The van der Waals surface area contributed by atoms with E-state index in [0.717, 1.165) is 0 Å². The fraction of sp³-hybridized carbons (Fsp3) is 0. The van der Waals surface area contributed by atoms with Crippen LogP contribution in [-0.2, 0) is 0 Å². The third kappa shape index (κ3) is 1.91. The highest BCUT2D eigenvalue weighted by molar-refractivity contribution is 6.33. The summed E-state index contributed by atoms with van der Waals surface area (Å²) in [6.07, 6.45) is 0. The first-order valence-electron chi connectivity index (χ1n) is 5.57. The van der Waals surface area contributed by atoms with E-state index in [1.54, 1.807) is 36.4 Å². The summed E-state index contributed by atoms with van der Waals surface area (Å²) in [5.74, 6) is 0.290. The van der Waals surface area contributed by atoms with Crippen molar-refractivity contribution in [3.05, 3.63) is 42.0 Å². The zero-order chi connectivity index (χ0) is 13.4. The number of rotatable bonds is 2. The number of benzene rings is 2. The number of nitriles is 1. The van der Waals surface area contributed by atoms with Gasteiger partial charge in [-0.05, 0) is 30.3 Å². The summed E-state index contributed by atoms with van der Waals surface area (Å²) in [5.41, 5.74) is 1.71. The summed E-state index contributed by atoms with van der Waals surface area (Å²) < 4.78 is 10.4. The molecule has 0 saturated carbocycles. The second-order valence-corrected chi connectivity index (χ2v) is 3.99. The van der Waals surface area contributed by atoms with Crippen LogP contribution >= 0.6 is 0 Å². The van der Waals surface area contributed by atoms with Gasteiger partial charge in [-0.2, -0.15) is 5.26 Å². The maximum Gasteiger partial charge on any atom is 0.707 e. The Morgan fingerprint density at radius 3 is 2.74 bits per heavy atom. The van der Waals surface area contributed by atoms with Gasteiger partial charge in [0, 0.05) is 10.8 Å². The quantitative estimate of drug-likeness (QED) is 0.680. The van der Waals surface area contributed by atoms with Crippen molar-refractivity contribution in [2.24, 2.45) is 0 Å². The molecule has 92 valence electrons. The van der Waals surface area contributed by atoms with Crippen LogP contribution in [0.4, 0.5) is 0 Å². The van der Waals surface area contributed by atoms with Gasteiger partial charge in [-0.25, -0.2) is 0 Å². The summed E-state index contributed by atoms with van der Waals surface area (Å²) in [5, 5.41) is 28.1. The van der Waals surface area contributed by atoms with Crippen LogP contribution < -0.4 is 4.65 Å². The molecule has 0 aliphatic heterocycles. The molecule has 3 rings (SSSR count). The molecule has 0 aliphatic carbocycles. The minimum Gasteiger partial charge on any atom is -0.512 e.